The molecule has 0 rings (SSSR count). The summed E-state index contributed by atoms with van der Waals surface area (Å²) >= 11 is 0. The number of carbonyl (C=O) groups excluding carboxylic acids is 2. The van der Waals surface area contributed by atoms with Crippen LogP contribution in [-0.4, -0.2) is 47.4 Å². The van der Waals surface area contributed by atoms with Crippen LogP contribution in [0.25, 0.3) is 0 Å². The third-order valence-corrected chi connectivity index (χ3v) is 11.7. The highest BCUT2D eigenvalue weighted by atomic mass is 16.5. The van der Waals surface area contributed by atoms with Crippen molar-refractivity contribution >= 4 is 11.9 Å². The van der Waals surface area contributed by atoms with Gasteiger partial charge in [0.2, 0.25) is 5.91 Å². The summed E-state index contributed by atoms with van der Waals surface area (Å²) in [7, 11) is 0. The van der Waals surface area contributed by atoms with Gasteiger partial charge in [-0.25, -0.2) is 0 Å². The van der Waals surface area contributed by atoms with Gasteiger partial charge in [0.15, 0.2) is 0 Å². The fourth-order valence-electron chi connectivity index (χ4n) is 7.68. The second-order valence-electron chi connectivity index (χ2n) is 17.5. The van der Waals surface area contributed by atoms with Crippen molar-refractivity contribution in [3.05, 3.63) is 36.5 Å². The predicted octanol–water partition coefficient (Wildman–Crippen LogP) is 15.3. The van der Waals surface area contributed by atoms with Gasteiger partial charge in [-0.15, -0.1) is 0 Å². The van der Waals surface area contributed by atoms with Crippen molar-refractivity contribution < 1.29 is 24.5 Å². The van der Waals surface area contributed by atoms with E-state index in [1.807, 2.05) is 6.08 Å². The highest BCUT2D eigenvalue weighted by Crippen LogP contribution is 2.15. The zero-order valence-electron chi connectivity index (χ0n) is 39.2. The molecule has 0 aromatic rings. The lowest BCUT2D eigenvalue weighted by Crippen LogP contribution is -2.45. The Morgan fingerprint density at radius 2 is 0.831 bits per heavy atom. The van der Waals surface area contributed by atoms with E-state index in [9.17, 15) is 19.8 Å². The van der Waals surface area contributed by atoms with Crippen molar-refractivity contribution in [2.45, 2.75) is 276 Å². The molecule has 0 fully saturated rings. The number of hydrogen-bond acceptors (Lipinski definition) is 5. The number of rotatable bonds is 47. The summed E-state index contributed by atoms with van der Waals surface area (Å²) < 4.78 is 5.45. The fourth-order valence-corrected chi connectivity index (χ4v) is 7.68. The van der Waals surface area contributed by atoms with Crippen LogP contribution in [0.1, 0.15) is 264 Å². The molecule has 1 amide bonds. The van der Waals surface area contributed by atoms with E-state index in [-0.39, 0.29) is 18.5 Å². The first-order valence-electron chi connectivity index (χ1n) is 25.8. The van der Waals surface area contributed by atoms with Gasteiger partial charge >= 0.3 is 5.97 Å². The van der Waals surface area contributed by atoms with Crippen LogP contribution in [-0.2, 0) is 14.3 Å². The molecular formula is C53H99NO5. The Bertz CT molecular complexity index is 962. The standard InChI is InChI=1S/C53H99NO5/c1-3-5-7-9-11-13-15-16-17-18-21-24-27-31-35-39-43-47-53(58)59-48-44-40-36-32-28-25-22-19-20-23-26-30-34-38-42-46-52(57)54-50(49-55)51(56)45-41-37-33-29-14-12-10-8-6-4-2/h19,22,25,28,41,45,50-51,55-56H,3-18,20-21,23-24,26-27,29-40,42-44,46-49H2,1-2H3,(H,54,57)/b22-19-,28-25-,45-41+. The van der Waals surface area contributed by atoms with E-state index in [2.05, 4.69) is 43.5 Å². The van der Waals surface area contributed by atoms with Crippen LogP contribution in [0.5, 0.6) is 0 Å². The van der Waals surface area contributed by atoms with Crippen LogP contribution in [0.2, 0.25) is 0 Å². The number of carbonyl (C=O) groups is 2. The molecule has 0 aliphatic rings. The molecule has 59 heavy (non-hydrogen) atoms. The highest BCUT2D eigenvalue weighted by molar-refractivity contribution is 5.76. The number of ether oxygens (including phenoxy) is 1. The SMILES string of the molecule is CCCCCCCCCC/C=C/C(O)C(CO)NC(=O)CCCCCCCC/C=C\C=C/CCCCCOC(=O)CCCCCCCCCCCCCCCCCCC. The van der Waals surface area contributed by atoms with E-state index in [1.165, 1.54) is 161 Å². The summed E-state index contributed by atoms with van der Waals surface area (Å²) in [5.41, 5.74) is 0. The Kier molecular flexibility index (Phi) is 47.2. The van der Waals surface area contributed by atoms with Gasteiger partial charge in [-0.1, -0.05) is 224 Å². The average molecular weight is 830 g/mol. The third kappa shape index (κ3) is 45.4. The topological polar surface area (TPSA) is 95.9 Å². The lowest BCUT2D eigenvalue weighted by Gasteiger charge is -2.20. The Labute approximate surface area is 366 Å². The zero-order chi connectivity index (χ0) is 43.0. The van der Waals surface area contributed by atoms with E-state index in [1.54, 1.807) is 6.08 Å². The average Bonchev–Trinajstić information content (AvgIpc) is 3.24. The molecule has 0 aromatic carbocycles. The molecule has 0 heterocycles. The van der Waals surface area contributed by atoms with Crippen LogP contribution >= 0.6 is 0 Å². The third-order valence-electron chi connectivity index (χ3n) is 11.7. The van der Waals surface area contributed by atoms with Gasteiger partial charge < -0.3 is 20.3 Å². The van der Waals surface area contributed by atoms with Crippen molar-refractivity contribution in [1.82, 2.24) is 5.32 Å². The molecule has 0 aliphatic heterocycles. The summed E-state index contributed by atoms with van der Waals surface area (Å²) in [5, 5.41) is 22.9. The summed E-state index contributed by atoms with van der Waals surface area (Å²) in [6, 6.07) is -0.642. The zero-order valence-corrected chi connectivity index (χ0v) is 39.2. The number of aliphatic hydroxyl groups is 2. The van der Waals surface area contributed by atoms with E-state index in [0.29, 0.717) is 19.4 Å². The molecule has 0 aliphatic carbocycles. The van der Waals surface area contributed by atoms with Crippen LogP contribution in [0.15, 0.2) is 36.5 Å². The molecule has 0 aromatic heterocycles. The van der Waals surface area contributed by atoms with Gasteiger partial charge in [0.1, 0.15) is 0 Å². The fraction of sp³-hybridized carbons (Fsp3) is 0.849. The minimum Gasteiger partial charge on any atom is -0.466 e. The van der Waals surface area contributed by atoms with Crippen molar-refractivity contribution in [3.63, 3.8) is 0 Å². The predicted molar refractivity (Wildman–Crippen MR) is 255 cm³/mol. The van der Waals surface area contributed by atoms with Gasteiger partial charge in [-0.2, -0.15) is 0 Å². The van der Waals surface area contributed by atoms with E-state index in [4.69, 9.17) is 4.74 Å². The maximum absolute atomic E-state index is 12.4. The monoisotopic (exact) mass is 830 g/mol. The van der Waals surface area contributed by atoms with Crippen molar-refractivity contribution in [2.75, 3.05) is 13.2 Å². The molecule has 2 unspecified atom stereocenters. The van der Waals surface area contributed by atoms with Crippen molar-refractivity contribution in [2.24, 2.45) is 0 Å². The Morgan fingerprint density at radius 3 is 1.25 bits per heavy atom. The van der Waals surface area contributed by atoms with Gasteiger partial charge in [-0.3, -0.25) is 9.59 Å². The molecule has 0 saturated carbocycles. The molecule has 6 heteroatoms. The van der Waals surface area contributed by atoms with Crippen LogP contribution in [0.3, 0.4) is 0 Å². The smallest absolute Gasteiger partial charge is 0.305 e. The molecule has 6 nitrogen and oxygen atoms in total. The maximum Gasteiger partial charge on any atom is 0.305 e. The lowest BCUT2D eigenvalue weighted by atomic mass is 10.0. The minimum absolute atomic E-state index is 0.0198. The first-order valence-corrected chi connectivity index (χ1v) is 25.8. The lowest BCUT2D eigenvalue weighted by molar-refractivity contribution is -0.143. The van der Waals surface area contributed by atoms with Gasteiger partial charge in [0.25, 0.3) is 0 Å². The summed E-state index contributed by atoms with van der Waals surface area (Å²) in [6.07, 6.45) is 58.7. The summed E-state index contributed by atoms with van der Waals surface area (Å²) in [4.78, 5) is 24.4. The number of allylic oxidation sites excluding steroid dienone is 5. The second-order valence-corrected chi connectivity index (χ2v) is 17.5. The van der Waals surface area contributed by atoms with Crippen molar-refractivity contribution in [1.29, 1.82) is 0 Å². The van der Waals surface area contributed by atoms with Crippen LogP contribution < -0.4 is 5.32 Å². The molecule has 0 radical (unpaired) electrons. The van der Waals surface area contributed by atoms with Crippen LogP contribution in [0.4, 0.5) is 0 Å². The Hall–Kier alpha value is -1.92. The molecule has 0 saturated heterocycles. The number of amides is 1. The number of esters is 1. The molecular weight excluding hydrogens is 731 g/mol. The van der Waals surface area contributed by atoms with Crippen molar-refractivity contribution in [3.8, 4) is 0 Å². The van der Waals surface area contributed by atoms with Crippen LogP contribution in [0, 0.1) is 0 Å². The van der Waals surface area contributed by atoms with E-state index in [0.717, 1.165) is 77.0 Å². The van der Waals surface area contributed by atoms with E-state index >= 15 is 0 Å². The largest absolute Gasteiger partial charge is 0.466 e. The molecule has 346 valence electrons. The normalized spacial score (nSPS) is 12.9. The quantitative estimate of drug-likeness (QED) is 0.0246. The number of nitrogens with one attached hydrogen (secondary N) is 1. The first-order chi connectivity index (χ1) is 29.0. The second kappa shape index (κ2) is 48.7. The Morgan fingerprint density at radius 1 is 0.475 bits per heavy atom. The number of unbranched alkanes of at least 4 members (excludes halogenated alkanes) is 33. The Balaban J connectivity index is 3.51. The maximum atomic E-state index is 12.4. The van der Waals surface area contributed by atoms with Gasteiger partial charge in [0.05, 0.1) is 25.4 Å². The van der Waals surface area contributed by atoms with E-state index < -0.39 is 12.1 Å². The minimum atomic E-state index is -0.857. The number of hydrogen-bond donors (Lipinski definition) is 3. The molecule has 0 bridgehead atoms. The van der Waals surface area contributed by atoms with Gasteiger partial charge in [-0.05, 0) is 64.2 Å². The molecule has 0 spiro atoms. The number of aliphatic hydroxyl groups excluding tert-OH is 2. The molecule has 2 atom stereocenters. The highest BCUT2D eigenvalue weighted by Gasteiger charge is 2.18. The first kappa shape index (κ1) is 57.1. The molecule has 3 N–H and O–H groups in total. The van der Waals surface area contributed by atoms with Gasteiger partial charge in [0, 0.05) is 12.8 Å². The summed E-state index contributed by atoms with van der Waals surface area (Å²) in [5.74, 6) is -0.113. The summed E-state index contributed by atoms with van der Waals surface area (Å²) in [6.45, 7) is 4.82.